The van der Waals surface area contributed by atoms with Crippen LogP contribution < -0.4 is 10.6 Å². The van der Waals surface area contributed by atoms with E-state index >= 15 is 0 Å². The Bertz CT molecular complexity index is 1240. The molecule has 2 N–H and O–H groups in total. The lowest BCUT2D eigenvalue weighted by atomic mass is 10.0. The molecule has 0 bridgehead atoms. The molecule has 4 rings (SSSR count). The molecule has 1 aromatic heterocycles. The maximum Gasteiger partial charge on any atom is 0.232 e. The van der Waals surface area contributed by atoms with E-state index in [1.165, 1.54) is 5.56 Å². The molecule has 4 aromatic rings. The maximum absolute atomic E-state index is 12.6. The SMILES string of the molecule is Cc1cc(C)c(Nc2nc(C)nc(Nc3ccc(C(=O)c4ccccc4)cc3)n2)c(C)c1. The summed E-state index contributed by atoms with van der Waals surface area (Å²) in [5.41, 5.74) is 6.56. The van der Waals surface area contributed by atoms with E-state index in [4.69, 9.17) is 0 Å². The molecule has 0 aliphatic carbocycles. The summed E-state index contributed by atoms with van der Waals surface area (Å²) in [6.07, 6.45) is 0. The monoisotopic (exact) mass is 423 g/mol. The fourth-order valence-corrected chi connectivity index (χ4v) is 3.67. The van der Waals surface area contributed by atoms with Gasteiger partial charge in [-0.3, -0.25) is 4.79 Å². The highest BCUT2D eigenvalue weighted by atomic mass is 16.1. The van der Waals surface area contributed by atoms with Crippen LogP contribution in [0.15, 0.2) is 66.7 Å². The quantitative estimate of drug-likeness (QED) is 0.380. The lowest BCUT2D eigenvalue weighted by molar-refractivity contribution is 0.103. The maximum atomic E-state index is 12.6. The van der Waals surface area contributed by atoms with Crippen molar-refractivity contribution in [2.75, 3.05) is 10.6 Å². The van der Waals surface area contributed by atoms with Crippen molar-refractivity contribution in [3.63, 3.8) is 0 Å². The molecular weight excluding hydrogens is 398 g/mol. The van der Waals surface area contributed by atoms with Crippen molar-refractivity contribution < 1.29 is 4.79 Å². The van der Waals surface area contributed by atoms with Crippen LogP contribution in [-0.2, 0) is 0 Å². The summed E-state index contributed by atoms with van der Waals surface area (Å²) < 4.78 is 0. The molecule has 0 amide bonds. The van der Waals surface area contributed by atoms with Crippen molar-refractivity contribution in [1.82, 2.24) is 15.0 Å². The smallest absolute Gasteiger partial charge is 0.232 e. The molecule has 6 heteroatoms. The number of anilines is 4. The zero-order valence-corrected chi connectivity index (χ0v) is 18.6. The summed E-state index contributed by atoms with van der Waals surface area (Å²) in [7, 11) is 0. The number of carbonyl (C=O) groups excluding carboxylic acids is 1. The fourth-order valence-electron chi connectivity index (χ4n) is 3.67. The van der Waals surface area contributed by atoms with Gasteiger partial charge in [0.25, 0.3) is 0 Å². The molecule has 0 spiro atoms. The molecule has 0 aliphatic rings. The summed E-state index contributed by atoms with van der Waals surface area (Å²) in [6, 6.07) is 20.8. The number of nitrogens with zero attached hydrogens (tertiary/aromatic N) is 3. The van der Waals surface area contributed by atoms with Crippen molar-refractivity contribution in [1.29, 1.82) is 0 Å². The van der Waals surface area contributed by atoms with Crippen LogP contribution in [0.2, 0.25) is 0 Å². The van der Waals surface area contributed by atoms with E-state index in [9.17, 15) is 4.79 Å². The highest BCUT2D eigenvalue weighted by molar-refractivity contribution is 6.09. The van der Waals surface area contributed by atoms with Gasteiger partial charge in [-0.05, 0) is 63.1 Å². The third-order valence-corrected chi connectivity index (χ3v) is 5.10. The van der Waals surface area contributed by atoms with Gasteiger partial charge in [0.1, 0.15) is 5.82 Å². The van der Waals surface area contributed by atoms with Crippen LogP contribution in [-0.4, -0.2) is 20.7 Å². The normalized spacial score (nSPS) is 10.6. The Kier molecular flexibility index (Phi) is 5.94. The Labute approximate surface area is 187 Å². The van der Waals surface area contributed by atoms with Gasteiger partial charge in [-0.2, -0.15) is 15.0 Å². The average Bonchev–Trinajstić information content (AvgIpc) is 2.76. The second kappa shape index (κ2) is 8.98. The molecule has 160 valence electrons. The number of benzene rings is 3. The minimum absolute atomic E-state index is 0.0107. The number of aryl methyl sites for hydroxylation is 4. The first-order valence-corrected chi connectivity index (χ1v) is 10.4. The number of hydrogen-bond acceptors (Lipinski definition) is 6. The van der Waals surface area contributed by atoms with Crippen molar-refractivity contribution in [2.45, 2.75) is 27.7 Å². The lowest BCUT2D eigenvalue weighted by Gasteiger charge is -2.14. The molecule has 0 radical (unpaired) electrons. The largest absolute Gasteiger partial charge is 0.324 e. The highest BCUT2D eigenvalue weighted by Crippen LogP contribution is 2.25. The van der Waals surface area contributed by atoms with Gasteiger partial charge in [-0.15, -0.1) is 0 Å². The van der Waals surface area contributed by atoms with Gasteiger partial charge >= 0.3 is 0 Å². The molecule has 0 atom stereocenters. The van der Waals surface area contributed by atoms with Crippen LogP contribution in [0.3, 0.4) is 0 Å². The minimum atomic E-state index is -0.0107. The second-order valence-electron chi connectivity index (χ2n) is 7.83. The van der Waals surface area contributed by atoms with Crippen LogP contribution in [0.4, 0.5) is 23.3 Å². The lowest BCUT2D eigenvalue weighted by Crippen LogP contribution is -2.07. The average molecular weight is 424 g/mol. The molecule has 32 heavy (non-hydrogen) atoms. The van der Waals surface area contributed by atoms with Crippen molar-refractivity contribution >= 4 is 29.1 Å². The van der Waals surface area contributed by atoms with E-state index in [0.29, 0.717) is 28.8 Å². The van der Waals surface area contributed by atoms with Gasteiger partial charge in [-0.1, -0.05) is 48.0 Å². The number of rotatable bonds is 6. The van der Waals surface area contributed by atoms with Gasteiger partial charge in [-0.25, -0.2) is 0 Å². The Morgan fingerprint density at radius 2 is 1.25 bits per heavy atom. The first kappa shape index (κ1) is 21.2. The van der Waals surface area contributed by atoms with Gasteiger partial charge in [0.05, 0.1) is 0 Å². The van der Waals surface area contributed by atoms with Gasteiger partial charge in [0, 0.05) is 22.5 Å². The predicted molar refractivity (Wildman–Crippen MR) is 128 cm³/mol. The summed E-state index contributed by atoms with van der Waals surface area (Å²) in [4.78, 5) is 25.9. The summed E-state index contributed by atoms with van der Waals surface area (Å²) in [5.74, 6) is 1.50. The molecule has 0 aliphatic heterocycles. The zero-order valence-electron chi connectivity index (χ0n) is 18.6. The first-order valence-electron chi connectivity index (χ1n) is 10.4. The van der Waals surface area contributed by atoms with Crippen molar-refractivity contribution in [3.8, 4) is 0 Å². The standard InChI is InChI=1S/C26H25N5O/c1-16-14-17(2)23(18(3)15-16)30-26-28-19(4)27-25(31-26)29-22-12-10-21(11-13-22)24(32)20-8-6-5-7-9-20/h5-15H,1-4H3,(H2,27,28,29,30,31). The van der Waals surface area contributed by atoms with Crippen LogP contribution >= 0.6 is 0 Å². The molecular formula is C26H25N5O. The third-order valence-electron chi connectivity index (χ3n) is 5.10. The number of ketones is 1. The number of hydrogen-bond donors (Lipinski definition) is 2. The molecule has 0 saturated carbocycles. The topological polar surface area (TPSA) is 79.8 Å². The van der Waals surface area contributed by atoms with Crippen LogP contribution in [0.5, 0.6) is 0 Å². The van der Waals surface area contributed by atoms with E-state index in [1.54, 1.807) is 12.1 Å². The highest BCUT2D eigenvalue weighted by Gasteiger charge is 2.11. The number of carbonyl (C=O) groups is 1. The van der Waals surface area contributed by atoms with Gasteiger partial charge < -0.3 is 10.6 Å². The van der Waals surface area contributed by atoms with E-state index in [1.807, 2.05) is 49.4 Å². The zero-order chi connectivity index (χ0) is 22.7. The van der Waals surface area contributed by atoms with Crippen LogP contribution in [0.1, 0.15) is 38.4 Å². The van der Waals surface area contributed by atoms with E-state index in [-0.39, 0.29) is 5.78 Å². The van der Waals surface area contributed by atoms with Crippen molar-refractivity contribution in [3.05, 3.63) is 100 Å². The van der Waals surface area contributed by atoms with Crippen LogP contribution in [0, 0.1) is 27.7 Å². The van der Waals surface area contributed by atoms with Gasteiger partial charge in [0.15, 0.2) is 5.78 Å². The summed E-state index contributed by atoms with van der Waals surface area (Å²) >= 11 is 0. The minimum Gasteiger partial charge on any atom is -0.324 e. The van der Waals surface area contributed by atoms with Crippen molar-refractivity contribution in [2.24, 2.45) is 0 Å². The van der Waals surface area contributed by atoms with Gasteiger partial charge in [0.2, 0.25) is 11.9 Å². The Balaban J connectivity index is 1.53. The predicted octanol–water partition coefficient (Wildman–Crippen LogP) is 5.82. The number of aromatic nitrogens is 3. The molecule has 0 fully saturated rings. The third kappa shape index (κ3) is 4.81. The molecule has 1 heterocycles. The van der Waals surface area contributed by atoms with Crippen LogP contribution in [0.25, 0.3) is 0 Å². The molecule has 0 unspecified atom stereocenters. The Hall–Kier alpha value is -4.06. The molecule has 3 aromatic carbocycles. The Morgan fingerprint density at radius 1 is 0.688 bits per heavy atom. The second-order valence-corrected chi connectivity index (χ2v) is 7.83. The number of nitrogens with one attached hydrogen (secondary N) is 2. The summed E-state index contributed by atoms with van der Waals surface area (Å²) in [5, 5.41) is 6.53. The molecule has 0 saturated heterocycles. The Morgan fingerprint density at radius 3 is 1.88 bits per heavy atom. The molecule has 6 nitrogen and oxygen atoms in total. The fraction of sp³-hybridized carbons (Fsp3) is 0.154. The summed E-state index contributed by atoms with van der Waals surface area (Å²) in [6.45, 7) is 8.04. The van der Waals surface area contributed by atoms with E-state index in [0.717, 1.165) is 22.5 Å². The van der Waals surface area contributed by atoms with E-state index < -0.39 is 0 Å². The first-order chi connectivity index (χ1) is 15.4. The van der Waals surface area contributed by atoms with E-state index in [2.05, 4.69) is 58.5 Å².